The van der Waals surface area contributed by atoms with E-state index in [-0.39, 0.29) is 13.0 Å². The van der Waals surface area contributed by atoms with Crippen molar-refractivity contribution in [2.24, 2.45) is 0 Å². The van der Waals surface area contributed by atoms with Gasteiger partial charge in [0.05, 0.1) is 6.54 Å². The predicted octanol–water partition coefficient (Wildman–Crippen LogP) is 1.01. The lowest BCUT2D eigenvalue weighted by Crippen LogP contribution is -2.48. The van der Waals surface area contributed by atoms with Gasteiger partial charge in [-0.2, -0.15) is 0 Å². The average molecular weight is 247 g/mol. The molecule has 0 aliphatic carbocycles. The smallest absolute Gasteiger partial charge is 0.261 e. The highest BCUT2D eigenvalue weighted by Crippen LogP contribution is 2.26. The van der Waals surface area contributed by atoms with Crippen molar-refractivity contribution in [1.82, 2.24) is 15.1 Å². The van der Waals surface area contributed by atoms with Crippen molar-refractivity contribution in [2.45, 2.75) is 31.7 Å². The Balaban J connectivity index is 1.67. The zero-order chi connectivity index (χ0) is 12.3. The third kappa shape index (κ3) is 3.86. The molecular formula is C12H23F2N3. The standard InChI is InChI=1S/C12H23F2N3/c1-11(17-8-4-15-5-9-17)2-6-16-7-3-12(13,14)10-16/h11,15H,2-10H2,1H3. The molecule has 2 fully saturated rings. The molecule has 2 saturated heterocycles. The molecule has 1 unspecified atom stereocenters. The van der Waals surface area contributed by atoms with E-state index in [1.165, 1.54) is 0 Å². The SMILES string of the molecule is CC(CCN1CCC(F)(F)C1)N1CCNCC1. The molecule has 5 heteroatoms. The van der Waals surface area contributed by atoms with Gasteiger partial charge in [-0.1, -0.05) is 0 Å². The van der Waals surface area contributed by atoms with Crippen LogP contribution in [0.5, 0.6) is 0 Å². The van der Waals surface area contributed by atoms with Crippen LogP contribution in [0.2, 0.25) is 0 Å². The number of likely N-dealkylation sites (tertiary alicyclic amines) is 1. The van der Waals surface area contributed by atoms with Gasteiger partial charge in [0.25, 0.3) is 5.92 Å². The van der Waals surface area contributed by atoms with E-state index in [2.05, 4.69) is 17.1 Å². The second kappa shape index (κ2) is 5.59. The van der Waals surface area contributed by atoms with Crippen LogP contribution < -0.4 is 5.32 Å². The number of nitrogens with one attached hydrogen (secondary N) is 1. The van der Waals surface area contributed by atoms with Gasteiger partial charge < -0.3 is 5.32 Å². The zero-order valence-electron chi connectivity index (χ0n) is 10.6. The van der Waals surface area contributed by atoms with Gasteiger partial charge in [0, 0.05) is 45.2 Å². The quantitative estimate of drug-likeness (QED) is 0.800. The second-order valence-corrected chi connectivity index (χ2v) is 5.31. The summed E-state index contributed by atoms with van der Waals surface area (Å²) in [6.45, 7) is 7.79. The molecular weight excluding hydrogens is 224 g/mol. The summed E-state index contributed by atoms with van der Waals surface area (Å²) >= 11 is 0. The first-order valence-electron chi connectivity index (χ1n) is 6.62. The van der Waals surface area contributed by atoms with Crippen LogP contribution in [0, 0.1) is 0 Å². The lowest BCUT2D eigenvalue weighted by molar-refractivity contribution is 0.0114. The molecule has 2 heterocycles. The number of nitrogens with zero attached hydrogens (tertiary/aromatic N) is 2. The predicted molar refractivity (Wildman–Crippen MR) is 64.5 cm³/mol. The lowest BCUT2D eigenvalue weighted by Gasteiger charge is -2.33. The summed E-state index contributed by atoms with van der Waals surface area (Å²) in [4.78, 5) is 4.35. The Morgan fingerprint density at radius 2 is 1.94 bits per heavy atom. The molecule has 0 saturated carbocycles. The van der Waals surface area contributed by atoms with E-state index in [9.17, 15) is 8.78 Å². The molecule has 0 spiro atoms. The Bertz CT molecular complexity index is 242. The van der Waals surface area contributed by atoms with E-state index in [1.807, 2.05) is 4.90 Å². The maximum Gasteiger partial charge on any atom is 0.261 e. The fraction of sp³-hybridized carbons (Fsp3) is 1.00. The fourth-order valence-electron chi connectivity index (χ4n) is 2.67. The summed E-state index contributed by atoms with van der Waals surface area (Å²) < 4.78 is 26.0. The van der Waals surface area contributed by atoms with Gasteiger partial charge in [0.1, 0.15) is 0 Å². The third-order valence-electron chi connectivity index (χ3n) is 3.89. The molecule has 1 N–H and O–H groups in total. The highest BCUT2D eigenvalue weighted by molar-refractivity contribution is 4.83. The van der Waals surface area contributed by atoms with Gasteiger partial charge in [-0.05, 0) is 19.9 Å². The van der Waals surface area contributed by atoms with Crippen molar-refractivity contribution in [3.8, 4) is 0 Å². The van der Waals surface area contributed by atoms with Crippen LogP contribution in [0.3, 0.4) is 0 Å². The monoisotopic (exact) mass is 247 g/mol. The Morgan fingerprint density at radius 3 is 2.53 bits per heavy atom. The first-order valence-corrected chi connectivity index (χ1v) is 6.62. The topological polar surface area (TPSA) is 18.5 Å². The summed E-state index contributed by atoms with van der Waals surface area (Å²) in [6, 6.07) is 0.506. The number of rotatable bonds is 4. The van der Waals surface area contributed by atoms with Crippen molar-refractivity contribution in [3.05, 3.63) is 0 Å². The van der Waals surface area contributed by atoms with Crippen molar-refractivity contribution in [2.75, 3.05) is 45.8 Å². The maximum absolute atomic E-state index is 13.0. The number of hydrogen-bond donors (Lipinski definition) is 1. The molecule has 0 aromatic heterocycles. The van der Waals surface area contributed by atoms with Gasteiger partial charge in [-0.3, -0.25) is 9.80 Å². The Morgan fingerprint density at radius 1 is 1.24 bits per heavy atom. The van der Waals surface area contributed by atoms with Gasteiger partial charge in [0.2, 0.25) is 0 Å². The van der Waals surface area contributed by atoms with E-state index in [1.54, 1.807) is 0 Å². The summed E-state index contributed by atoms with van der Waals surface area (Å²) in [5.74, 6) is -2.45. The number of alkyl halides is 2. The molecule has 0 radical (unpaired) electrons. The summed E-state index contributed by atoms with van der Waals surface area (Å²) in [5.41, 5.74) is 0. The molecule has 0 aromatic carbocycles. The van der Waals surface area contributed by atoms with Crippen LogP contribution in [-0.4, -0.2) is 67.6 Å². The van der Waals surface area contributed by atoms with E-state index in [0.29, 0.717) is 12.6 Å². The first-order chi connectivity index (χ1) is 8.07. The Hall–Kier alpha value is -0.260. The molecule has 2 aliphatic rings. The zero-order valence-corrected chi connectivity index (χ0v) is 10.6. The molecule has 0 amide bonds. The van der Waals surface area contributed by atoms with E-state index >= 15 is 0 Å². The minimum absolute atomic E-state index is 0.0367. The molecule has 3 nitrogen and oxygen atoms in total. The van der Waals surface area contributed by atoms with Gasteiger partial charge in [-0.15, -0.1) is 0 Å². The van der Waals surface area contributed by atoms with Crippen LogP contribution in [0.15, 0.2) is 0 Å². The fourth-order valence-corrected chi connectivity index (χ4v) is 2.67. The molecule has 1 atom stereocenters. The number of halogens is 2. The minimum atomic E-state index is -2.45. The van der Waals surface area contributed by atoms with Crippen LogP contribution >= 0.6 is 0 Å². The van der Waals surface area contributed by atoms with Crippen molar-refractivity contribution in [1.29, 1.82) is 0 Å². The van der Waals surface area contributed by atoms with Crippen molar-refractivity contribution >= 4 is 0 Å². The Labute approximate surface area is 102 Å². The molecule has 100 valence electrons. The van der Waals surface area contributed by atoms with Crippen LogP contribution in [0.4, 0.5) is 8.78 Å². The molecule has 0 aromatic rings. The van der Waals surface area contributed by atoms with E-state index in [0.717, 1.165) is 39.1 Å². The third-order valence-corrected chi connectivity index (χ3v) is 3.89. The normalized spacial score (nSPS) is 28.4. The maximum atomic E-state index is 13.0. The van der Waals surface area contributed by atoms with Crippen molar-refractivity contribution < 1.29 is 8.78 Å². The van der Waals surface area contributed by atoms with Crippen LogP contribution in [0.1, 0.15) is 19.8 Å². The van der Waals surface area contributed by atoms with E-state index in [4.69, 9.17) is 0 Å². The largest absolute Gasteiger partial charge is 0.314 e. The summed E-state index contributed by atoms with van der Waals surface area (Å²) in [7, 11) is 0. The molecule has 17 heavy (non-hydrogen) atoms. The number of piperazine rings is 1. The summed E-state index contributed by atoms with van der Waals surface area (Å²) in [5, 5.41) is 3.33. The molecule has 2 aliphatic heterocycles. The minimum Gasteiger partial charge on any atom is -0.314 e. The highest BCUT2D eigenvalue weighted by atomic mass is 19.3. The second-order valence-electron chi connectivity index (χ2n) is 5.31. The number of hydrogen-bond acceptors (Lipinski definition) is 3. The summed E-state index contributed by atoms with van der Waals surface area (Å²) in [6.07, 6.45) is 1.03. The highest BCUT2D eigenvalue weighted by Gasteiger charge is 2.37. The van der Waals surface area contributed by atoms with Crippen LogP contribution in [-0.2, 0) is 0 Å². The van der Waals surface area contributed by atoms with Crippen LogP contribution in [0.25, 0.3) is 0 Å². The van der Waals surface area contributed by atoms with Gasteiger partial charge in [-0.25, -0.2) is 8.78 Å². The average Bonchev–Trinajstić information content (AvgIpc) is 2.67. The lowest BCUT2D eigenvalue weighted by atomic mass is 10.1. The molecule has 0 bridgehead atoms. The van der Waals surface area contributed by atoms with Gasteiger partial charge in [0.15, 0.2) is 0 Å². The first kappa shape index (κ1) is 13.2. The van der Waals surface area contributed by atoms with Gasteiger partial charge >= 0.3 is 0 Å². The van der Waals surface area contributed by atoms with Crippen molar-refractivity contribution in [3.63, 3.8) is 0 Å². The molecule has 2 rings (SSSR count). The van der Waals surface area contributed by atoms with E-state index < -0.39 is 5.92 Å². The Kier molecular flexibility index (Phi) is 4.33.